The maximum absolute atomic E-state index is 11.8. The summed E-state index contributed by atoms with van der Waals surface area (Å²) in [6, 6.07) is 9.69. The van der Waals surface area contributed by atoms with Crippen LogP contribution in [0.25, 0.3) is 0 Å². The van der Waals surface area contributed by atoms with Gasteiger partial charge in [0.15, 0.2) is 17.5 Å². The Morgan fingerprint density at radius 1 is 1.11 bits per heavy atom. The molecule has 0 unspecified atom stereocenters. The zero-order chi connectivity index (χ0) is 18.9. The summed E-state index contributed by atoms with van der Waals surface area (Å²) >= 11 is 1.45. The monoisotopic (exact) mass is 388 g/mol. The van der Waals surface area contributed by atoms with Gasteiger partial charge in [-0.1, -0.05) is 12.1 Å². The van der Waals surface area contributed by atoms with Crippen LogP contribution < -0.4 is 25.4 Å². The van der Waals surface area contributed by atoms with E-state index < -0.39 is 0 Å². The number of guanidine groups is 1. The van der Waals surface area contributed by atoms with Gasteiger partial charge in [0.1, 0.15) is 0 Å². The fourth-order valence-electron chi connectivity index (χ4n) is 2.63. The maximum Gasteiger partial charge on any atom is 0.261 e. The van der Waals surface area contributed by atoms with Gasteiger partial charge < -0.3 is 25.4 Å². The third-order valence-corrected chi connectivity index (χ3v) is 4.91. The number of hydrogen-bond donors (Lipinski definition) is 3. The molecule has 8 heteroatoms. The molecule has 1 aromatic heterocycles. The summed E-state index contributed by atoms with van der Waals surface area (Å²) < 4.78 is 10.7. The van der Waals surface area contributed by atoms with Crippen molar-refractivity contribution in [2.75, 3.05) is 33.5 Å². The lowest BCUT2D eigenvalue weighted by Gasteiger charge is -2.12. The van der Waals surface area contributed by atoms with Crippen molar-refractivity contribution >= 4 is 23.2 Å². The molecule has 0 fully saturated rings. The highest BCUT2D eigenvalue weighted by molar-refractivity contribution is 7.12. The molecule has 1 amide bonds. The molecule has 1 aromatic carbocycles. The Kier molecular flexibility index (Phi) is 6.92. The summed E-state index contributed by atoms with van der Waals surface area (Å²) in [4.78, 5) is 16.8. The first kappa shape index (κ1) is 19.0. The highest BCUT2D eigenvalue weighted by Gasteiger charge is 2.13. The minimum atomic E-state index is -0.0174. The Hall–Kier alpha value is -2.74. The number of rotatable bonds is 8. The molecule has 3 N–H and O–H groups in total. The first-order valence-electron chi connectivity index (χ1n) is 8.91. The highest BCUT2D eigenvalue weighted by atomic mass is 32.1. The van der Waals surface area contributed by atoms with Gasteiger partial charge in [-0.15, -0.1) is 11.3 Å². The van der Waals surface area contributed by atoms with E-state index in [9.17, 15) is 4.79 Å². The standard InChI is InChI=1S/C19H24N4O3S/c1-20-19(22-9-3-8-21-18(24)17-4-2-11-27-17)23-10-7-14-5-6-15-16(12-14)26-13-25-15/h2,4-6,11-12H,3,7-10,13H2,1H3,(H,21,24)(H2,20,22,23). The van der Waals surface area contributed by atoms with Crippen molar-refractivity contribution < 1.29 is 14.3 Å². The number of carbonyl (C=O) groups is 1. The molecule has 0 saturated heterocycles. The molecule has 144 valence electrons. The van der Waals surface area contributed by atoms with E-state index >= 15 is 0 Å². The molecular formula is C19H24N4O3S. The Balaban J connectivity index is 1.29. The molecule has 0 spiro atoms. The number of amides is 1. The average Bonchev–Trinajstić information content (AvgIpc) is 3.37. The van der Waals surface area contributed by atoms with Gasteiger partial charge in [0.05, 0.1) is 4.88 Å². The van der Waals surface area contributed by atoms with Crippen molar-refractivity contribution in [2.24, 2.45) is 4.99 Å². The molecule has 1 aliphatic heterocycles. The molecule has 0 aliphatic carbocycles. The SMILES string of the molecule is CN=C(NCCCNC(=O)c1cccs1)NCCc1ccc2c(c1)OCO2. The van der Waals surface area contributed by atoms with Crippen molar-refractivity contribution in [3.63, 3.8) is 0 Å². The van der Waals surface area contributed by atoms with Crippen LogP contribution in [-0.4, -0.2) is 45.3 Å². The Bertz CT molecular complexity index is 777. The van der Waals surface area contributed by atoms with Gasteiger partial charge in [-0.25, -0.2) is 0 Å². The minimum absolute atomic E-state index is 0.0174. The number of carbonyl (C=O) groups excluding carboxylic acids is 1. The summed E-state index contributed by atoms with van der Waals surface area (Å²) in [6.07, 6.45) is 1.67. The van der Waals surface area contributed by atoms with E-state index in [2.05, 4.69) is 20.9 Å². The molecule has 2 heterocycles. The van der Waals surface area contributed by atoms with Crippen LogP contribution in [0.5, 0.6) is 11.5 Å². The van der Waals surface area contributed by atoms with Crippen molar-refractivity contribution in [1.82, 2.24) is 16.0 Å². The van der Waals surface area contributed by atoms with Gasteiger partial charge in [0, 0.05) is 26.7 Å². The predicted octanol–water partition coefficient (Wildman–Crippen LogP) is 2.00. The van der Waals surface area contributed by atoms with E-state index in [1.54, 1.807) is 7.05 Å². The number of fused-ring (bicyclic) bond motifs is 1. The lowest BCUT2D eigenvalue weighted by atomic mass is 10.1. The summed E-state index contributed by atoms with van der Waals surface area (Å²) in [6.45, 7) is 2.40. The molecule has 0 atom stereocenters. The van der Waals surface area contributed by atoms with Crippen LogP contribution in [0.4, 0.5) is 0 Å². The highest BCUT2D eigenvalue weighted by Crippen LogP contribution is 2.32. The second kappa shape index (κ2) is 9.82. The normalized spacial score (nSPS) is 12.7. The quantitative estimate of drug-likeness (QED) is 0.366. The lowest BCUT2D eigenvalue weighted by molar-refractivity contribution is 0.0957. The van der Waals surface area contributed by atoms with Gasteiger partial charge in [0.25, 0.3) is 5.91 Å². The van der Waals surface area contributed by atoms with E-state index in [0.717, 1.165) is 48.3 Å². The van der Waals surface area contributed by atoms with Gasteiger partial charge in [0.2, 0.25) is 6.79 Å². The number of hydrogen-bond acceptors (Lipinski definition) is 5. The average molecular weight is 388 g/mol. The van der Waals surface area contributed by atoms with Gasteiger partial charge in [-0.3, -0.25) is 9.79 Å². The Morgan fingerprint density at radius 2 is 1.93 bits per heavy atom. The molecule has 0 saturated carbocycles. The van der Waals surface area contributed by atoms with Crippen LogP contribution in [0, 0.1) is 0 Å². The van der Waals surface area contributed by atoms with Gasteiger partial charge in [-0.2, -0.15) is 0 Å². The van der Waals surface area contributed by atoms with E-state index in [-0.39, 0.29) is 5.91 Å². The summed E-state index contributed by atoms with van der Waals surface area (Å²) in [7, 11) is 1.74. The molecule has 3 rings (SSSR count). The first-order chi connectivity index (χ1) is 13.3. The summed E-state index contributed by atoms with van der Waals surface area (Å²) in [5.41, 5.74) is 1.18. The fourth-order valence-corrected chi connectivity index (χ4v) is 3.27. The summed E-state index contributed by atoms with van der Waals surface area (Å²) in [5.74, 6) is 2.34. The maximum atomic E-state index is 11.8. The number of nitrogens with zero attached hydrogens (tertiary/aromatic N) is 1. The third kappa shape index (κ3) is 5.62. The van der Waals surface area contributed by atoms with Crippen LogP contribution >= 0.6 is 11.3 Å². The summed E-state index contributed by atoms with van der Waals surface area (Å²) in [5, 5.41) is 11.3. The molecule has 2 aromatic rings. The van der Waals surface area contributed by atoms with E-state index in [1.165, 1.54) is 16.9 Å². The van der Waals surface area contributed by atoms with Crippen molar-refractivity contribution in [2.45, 2.75) is 12.8 Å². The second-order valence-corrected chi connectivity index (χ2v) is 6.90. The minimum Gasteiger partial charge on any atom is -0.454 e. The van der Waals surface area contributed by atoms with Crippen LogP contribution in [0.1, 0.15) is 21.7 Å². The first-order valence-corrected chi connectivity index (χ1v) is 9.79. The Morgan fingerprint density at radius 3 is 2.74 bits per heavy atom. The number of aliphatic imine (C=N–C) groups is 1. The van der Waals surface area contributed by atoms with Crippen molar-refractivity contribution in [1.29, 1.82) is 0 Å². The third-order valence-electron chi connectivity index (χ3n) is 4.04. The zero-order valence-electron chi connectivity index (χ0n) is 15.3. The number of thiophene rings is 1. The van der Waals surface area contributed by atoms with Crippen molar-refractivity contribution in [3.8, 4) is 11.5 Å². The van der Waals surface area contributed by atoms with E-state index in [1.807, 2.05) is 35.7 Å². The van der Waals surface area contributed by atoms with E-state index in [4.69, 9.17) is 9.47 Å². The molecular weight excluding hydrogens is 364 g/mol. The molecule has 0 bridgehead atoms. The smallest absolute Gasteiger partial charge is 0.261 e. The van der Waals surface area contributed by atoms with E-state index in [0.29, 0.717) is 13.3 Å². The van der Waals surface area contributed by atoms with Crippen LogP contribution in [0.2, 0.25) is 0 Å². The van der Waals surface area contributed by atoms with Crippen LogP contribution in [0.3, 0.4) is 0 Å². The molecule has 1 aliphatic rings. The van der Waals surface area contributed by atoms with Gasteiger partial charge in [-0.05, 0) is 42.0 Å². The number of ether oxygens (including phenoxy) is 2. The Labute approximate surface area is 162 Å². The fraction of sp³-hybridized carbons (Fsp3) is 0.368. The second-order valence-electron chi connectivity index (χ2n) is 5.95. The largest absolute Gasteiger partial charge is 0.454 e. The predicted molar refractivity (Wildman–Crippen MR) is 107 cm³/mol. The molecule has 0 radical (unpaired) electrons. The van der Waals surface area contributed by atoms with Gasteiger partial charge >= 0.3 is 0 Å². The molecule has 7 nitrogen and oxygen atoms in total. The zero-order valence-corrected chi connectivity index (χ0v) is 16.1. The van der Waals surface area contributed by atoms with Crippen LogP contribution in [-0.2, 0) is 6.42 Å². The topological polar surface area (TPSA) is 84.0 Å². The van der Waals surface area contributed by atoms with Crippen molar-refractivity contribution in [3.05, 3.63) is 46.2 Å². The molecule has 27 heavy (non-hydrogen) atoms. The number of benzene rings is 1. The van der Waals surface area contributed by atoms with Crippen LogP contribution in [0.15, 0.2) is 40.7 Å². The number of nitrogens with one attached hydrogen (secondary N) is 3. The lowest BCUT2D eigenvalue weighted by Crippen LogP contribution is -2.39.